The van der Waals surface area contributed by atoms with E-state index in [2.05, 4.69) is 433 Å². The predicted octanol–water partition coefficient (Wildman–Crippen LogP) is 34.6. The van der Waals surface area contributed by atoms with Gasteiger partial charge in [0.05, 0.1) is 17.7 Å². The molecule has 0 amide bonds. The van der Waals surface area contributed by atoms with Gasteiger partial charge in [-0.25, -0.2) is 4.98 Å². The van der Waals surface area contributed by atoms with Crippen molar-refractivity contribution in [2.45, 2.75) is 420 Å². The van der Waals surface area contributed by atoms with Crippen LogP contribution in [0, 0.1) is 33.5 Å². The first-order valence-electron chi connectivity index (χ1n) is 55.4. The van der Waals surface area contributed by atoms with Crippen molar-refractivity contribution in [1.82, 2.24) is 35.3 Å². The van der Waals surface area contributed by atoms with E-state index in [4.69, 9.17) is 14.2 Å². The molecule has 3 aliphatic carbocycles. The van der Waals surface area contributed by atoms with Gasteiger partial charge in [0.15, 0.2) is 0 Å². The van der Waals surface area contributed by atoms with Crippen molar-refractivity contribution in [3.8, 4) is 5.75 Å². The predicted molar refractivity (Wildman–Crippen MR) is 624 cm³/mol. The molecule has 11 aromatic rings. The molecular formula is C132H196N8O3S. The van der Waals surface area contributed by atoms with E-state index < -0.39 is 0 Å². The van der Waals surface area contributed by atoms with Crippen LogP contribution in [0.15, 0.2) is 206 Å². The summed E-state index contributed by atoms with van der Waals surface area (Å²) in [6, 6.07) is 64.6. The number of aromatic amines is 2. The standard InChI is InChI=1S/C16H23N.C14H16.C13H19N.C13H18.C12H16O2.C12H14.C11H21N.C11H13N.C8H17N.C8H16O.C7H12N2.C7H11NS/c1-16(2,3)14-9-8-12-6-4-10-17-11-5-7-13(14)15(12)17;1-14(2,3)13-10-6-8-11-7-4-5-9-12(11)13;1-13(2,3)14-9-8-11-6-4-5-7-12(11)10-14;1-13(2,3)12-8-10-6-4-5-7-11(10)9-12;1-12(2,3)11-13-8-9-6-4-5-7-10(9)14-11;1-9(2)11-7-6-10-4-3-5-12(10)8-11;1-11(2,3)12-8-9-4-6-10(12)7-5-9;1-8(2)9-4-3-5-11-10(9)6-7-12-11;2*1-8(2,3)7-5-4-6-9-7;1-7(2,3)6-4-5-8-9-6;1-7(2,3)6-8-4-5-9-6/h8-9H,4-7,10-11H2,1-3H3;4-10H,1-3H3;4-7H,8-10H2,1-3H3;4-7,12H,8-9H2,1-3H3;4-7,11H,8H2,1-3H3;3,5-9H,4H2,1-2H3;9-10H,4-8H2,1-3H3;3-8,12H,1-2H3;7,9H,4-6H2,1-3H3;7H,4-6H2,1-3H3;4-5H,1-3H3,(H,8,9);4-5H,1-3H3. The number of piperidine rings is 2. The Labute approximate surface area is 881 Å². The third kappa shape index (κ3) is 35.4. The molecule has 11 nitrogen and oxygen atoms in total. The van der Waals surface area contributed by atoms with Crippen molar-refractivity contribution in [3.63, 3.8) is 0 Å². The minimum absolute atomic E-state index is 0.0214. The van der Waals surface area contributed by atoms with Gasteiger partial charge in [-0.1, -0.05) is 358 Å². The Morgan fingerprint density at radius 3 is 1.59 bits per heavy atom. The summed E-state index contributed by atoms with van der Waals surface area (Å²) in [7, 11) is 0. The van der Waals surface area contributed by atoms with Crippen molar-refractivity contribution in [1.29, 1.82) is 0 Å². The van der Waals surface area contributed by atoms with E-state index in [1.807, 2.05) is 48.1 Å². The second kappa shape index (κ2) is 51.6. The molecule has 8 aromatic carbocycles. The molecule has 0 spiro atoms. The average Bonchev–Trinajstić information content (AvgIpc) is 0.804. The summed E-state index contributed by atoms with van der Waals surface area (Å²) in [6.45, 7) is 85.7. The molecule has 144 heavy (non-hydrogen) atoms. The van der Waals surface area contributed by atoms with Crippen LogP contribution in [0.25, 0.3) is 27.8 Å². The summed E-state index contributed by atoms with van der Waals surface area (Å²) in [5.74, 6) is 4.06. The molecule has 3 N–H and O–H groups in total. The van der Waals surface area contributed by atoms with Crippen LogP contribution in [0.3, 0.4) is 0 Å². The molecule has 0 radical (unpaired) electrons. The van der Waals surface area contributed by atoms with Crippen molar-refractivity contribution in [2.24, 2.45) is 33.5 Å². The zero-order valence-corrected chi connectivity index (χ0v) is 97.5. The van der Waals surface area contributed by atoms with E-state index in [1.54, 1.807) is 51.0 Å². The number of anilines is 1. The molecule has 3 aromatic heterocycles. The third-order valence-corrected chi connectivity index (χ3v) is 31.4. The molecule has 8 aliphatic heterocycles. The molecule has 2 bridgehead atoms. The lowest BCUT2D eigenvalue weighted by Gasteiger charge is -2.51. The zero-order valence-electron chi connectivity index (χ0n) is 96.7. The molecule has 788 valence electrons. The van der Waals surface area contributed by atoms with E-state index >= 15 is 0 Å². The minimum atomic E-state index is -0.141. The Morgan fingerprint density at radius 2 is 1.08 bits per heavy atom. The number of benzene rings is 8. The highest BCUT2D eigenvalue weighted by Crippen LogP contribution is 2.44. The number of para-hydroxylation sites is 1. The van der Waals surface area contributed by atoms with Gasteiger partial charge in [0, 0.05) is 131 Å². The van der Waals surface area contributed by atoms with Gasteiger partial charge < -0.3 is 29.4 Å². The second-order valence-corrected chi connectivity index (χ2v) is 54.1. The van der Waals surface area contributed by atoms with Gasteiger partial charge in [-0.15, -0.1) is 11.3 Å². The lowest BCUT2D eigenvalue weighted by molar-refractivity contribution is -0.163. The molecule has 3 unspecified atom stereocenters. The topological polar surface area (TPSA) is 107 Å². The number of hydrogen-bond donors (Lipinski definition) is 3. The van der Waals surface area contributed by atoms with Gasteiger partial charge in [0.25, 0.3) is 0 Å². The maximum Gasteiger partial charge on any atom is 0.205 e. The van der Waals surface area contributed by atoms with Crippen molar-refractivity contribution in [2.75, 3.05) is 44.2 Å². The van der Waals surface area contributed by atoms with E-state index in [1.165, 1.54) is 200 Å². The van der Waals surface area contributed by atoms with Gasteiger partial charge >= 0.3 is 0 Å². The number of allylic oxidation sites excluding steroid dienone is 1. The fraction of sp³-hybridized carbons (Fsp3) is 0.576. The normalized spacial score (nSPS) is 19.1. The van der Waals surface area contributed by atoms with Crippen LogP contribution in [-0.4, -0.2) is 105 Å². The van der Waals surface area contributed by atoms with Crippen LogP contribution >= 0.6 is 11.3 Å². The lowest BCUT2D eigenvalue weighted by atomic mass is 9.78. The molecule has 1 saturated carbocycles. The number of nitrogens with one attached hydrogen (secondary N) is 3. The molecule has 12 heteroatoms. The van der Waals surface area contributed by atoms with Crippen molar-refractivity contribution >= 4 is 44.8 Å². The summed E-state index contributed by atoms with van der Waals surface area (Å²) in [5, 5.41) is 17.6. The Morgan fingerprint density at radius 1 is 0.465 bits per heavy atom. The molecule has 11 aliphatic rings. The van der Waals surface area contributed by atoms with Gasteiger partial charge in [0.2, 0.25) is 6.29 Å². The Hall–Kier alpha value is -8.46. The van der Waals surface area contributed by atoms with Crippen molar-refractivity contribution < 1.29 is 14.2 Å². The zero-order chi connectivity index (χ0) is 106. The summed E-state index contributed by atoms with van der Waals surface area (Å²) in [5.41, 5.74) is 26.3. The Kier molecular flexibility index (Phi) is 42.1. The van der Waals surface area contributed by atoms with Gasteiger partial charge in [-0.05, 0) is 303 Å². The first kappa shape index (κ1) is 117. The highest BCUT2D eigenvalue weighted by atomic mass is 32.1. The summed E-state index contributed by atoms with van der Waals surface area (Å²) < 4.78 is 16.9. The fourth-order valence-corrected chi connectivity index (χ4v) is 21.9. The minimum Gasteiger partial charge on any atom is -0.464 e. The van der Waals surface area contributed by atoms with Gasteiger partial charge in [-0.3, -0.25) is 14.9 Å². The van der Waals surface area contributed by atoms with Crippen LogP contribution in [0.4, 0.5) is 5.69 Å². The molecule has 22 rings (SSSR count). The first-order valence-corrected chi connectivity index (χ1v) is 56.3. The highest BCUT2D eigenvalue weighted by molar-refractivity contribution is 7.09. The molecule has 5 fully saturated rings. The number of nitrogens with zero attached hydrogens (tertiary/aromatic N) is 5. The first-order chi connectivity index (χ1) is 67.4. The van der Waals surface area contributed by atoms with E-state index in [9.17, 15) is 0 Å². The maximum atomic E-state index is 5.77. The number of ether oxygens (including phenoxy) is 3. The average molecular weight is 1980 g/mol. The van der Waals surface area contributed by atoms with Gasteiger partial charge in [-0.2, -0.15) is 5.10 Å². The quantitative estimate of drug-likeness (QED) is 0.156. The number of aryl methyl sites for hydroxylation is 1. The SMILES string of the molecule is CC(C)(C)C1CCCN1.CC(C)(C)C1CCCO1.CC(C)(C)C1Cc2ccccc2C1.CC(C)(C)C1OCc2ccccc2O1.CC(C)(C)N1CC2CCC1CC2.CC(C)(C)N1CCc2ccccc2C1.CC(C)(C)c1ccc2c3c1CCCN3CCC2.CC(C)(C)c1cccc2ccccc12.CC(C)(C)c1ccn[nH]1.CC(C)(C)c1nccs1.CC(C)c1ccc2c(c1)C=CC2.CC(C)c1cccc2[nH]ccc12. The van der Waals surface area contributed by atoms with Crippen LogP contribution in [0.5, 0.6) is 5.75 Å². The van der Waals surface area contributed by atoms with E-state index in [0.29, 0.717) is 51.9 Å². The van der Waals surface area contributed by atoms with Crippen LogP contribution in [0.1, 0.15) is 394 Å². The van der Waals surface area contributed by atoms with E-state index in [-0.39, 0.29) is 33.4 Å². The van der Waals surface area contributed by atoms with Gasteiger partial charge in [0.1, 0.15) is 5.75 Å². The van der Waals surface area contributed by atoms with E-state index in [0.717, 1.165) is 54.8 Å². The fourth-order valence-electron chi connectivity index (χ4n) is 21.2. The molecule has 11 heterocycles. The monoisotopic (exact) mass is 1970 g/mol. The molecular weight excluding hydrogens is 1780 g/mol. The second-order valence-electron chi connectivity index (χ2n) is 53.3. The summed E-state index contributed by atoms with van der Waals surface area (Å²) in [6.07, 6.45) is 31.7. The smallest absolute Gasteiger partial charge is 0.205 e. The summed E-state index contributed by atoms with van der Waals surface area (Å²) in [4.78, 5) is 15.3. The van der Waals surface area contributed by atoms with Crippen LogP contribution in [-0.2, 0) is 82.8 Å². The largest absolute Gasteiger partial charge is 0.464 e. The number of thiazole rings is 1. The Balaban J connectivity index is 0.000000162. The lowest BCUT2D eigenvalue weighted by Crippen LogP contribution is -2.56. The molecule has 3 atom stereocenters. The number of hydrogen-bond acceptors (Lipinski definition) is 10. The third-order valence-electron chi connectivity index (χ3n) is 30.2. The maximum absolute atomic E-state index is 5.77. The number of rotatable bonds is 2. The number of fused-ring (bicyclic) bond motifs is 9. The molecule has 4 saturated heterocycles. The van der Waals surface area contributed by atoms with Crippen LogP contribution in [0.2, 0.25) is 0 Å². The Bertz CT molecular complexity index is 5510. The highest BCUT2D eigenvalue weighted by Gasteiger charge is 2.40. The number of aromatic nitrogens is 4. The van der Waals surface area contributed by atoms with Crippen LogP contribution < -0.4 is 15.0 Å². The number of H-pyrrole nitrogens is 2. The van der Waals surface area contributed by atoms with Crippen molar-refractivity contribution in [3.05, 3.63) is 289 Å². The summed E-state index contributed by atoms with van der Waals surface area (Å²) >= 11 is 1.72.